The van der Waals surface area contributed by atoms with Gasteiger partial charge < -0.3 is 5.11 Å². The van der Waals surface area contributed by atoms with Gasteiger partial charge in [-0.2, -0.15) is 0 Å². The van der Waals surface area contributed by atoms with Crippen molar-refractivity contribution in [3.05, 3.63) is 64.9 Å². The molecule has 0 amide bonds. The van der Waals surface area contributed by atoms with Crippen LogP contribution in [0, 0.1) is 5.82 Å². The predicted molar refractivity (Wildman–Crippen MR) is 90.5 cm³/mol. The topological polar surface area (TPSA) is 66.4 Å². The van der Waals surface area contributed by atoms with Crippen LogP contribution in [-0.2, 0) is 10.0 Å². The Hall–Kier alpha value is -2.12. The number of hydrogen-bond donors (Lipinski definition) is 2. The molecule has 2 N–H and O–H groups in total. The number of anilines is 1. The van der Waals surface area contributed by atoms with Gasteiger partial charge in [0.15, 0.2) is 0 Å². The van der Waals surface area contributed by atoms with Crippen LogP contribution in [0.4, 0.5) is 10.1 Å². The van der Waals surface area contributed by atoms with Gasteiger partial charge in [-0.3, -0.25) is 4.72 Å². The molecule has 0 aliphatic rings. The Labute approximate surface area is 140 Å². The van der Waals surface area contributed by atoms with Crippen LogP contribution in [0.15, 0.2) is 64.0 Å². The average Bonchev–Trinajstić information content (AvgIpc) is 2.50. The van der Waals surface area contributed by atoms with E-state index < -0.39 is 20.7 Å². The maximum absolute atomic E-state index is 13.9. The van der Waals surface area contributed by atoms with E-state index in [4.69, 9.17) is 0 Å². The van der Waals surface area contributed by atoms with Gasteiger partial charge >= 0.3 is 0 Å². The van der Waals surface area contributed by atoms with Gasteiger partial charge in [0, 0.05) is 15.2 Å². The molecule has 0 saturated heterocycles. The van der Waals surface area contributed by atoms with Gasteiger partial charge in [-0.1, -0.05) is 40.2 Å². The van der Waals surface area contributed by atoms with E-state index >= 15 is 0 Å². The molecule has 3 rings (SSSR count). The first kappa shape index (κ1) is 15.8. The number of halogens is 2. The van der Waals surface area contributed by atoms with E-state index in [0.29, 0.717) is 15.2 Å². The van der Waals surface area contributed by atoms with Gasteiger partial charge in [-0.15, -0.1) is 0 Å². The number of fused-ring (bicyclic) bond motifs is 1. The van der Waals surface area contributed by atoms with Crippen molar-refractivity contribution in [3.8, 4) is 5.75 Å². The lowest BCUT2D eigenvalue weighted by atomic mass is 10.1. The van der Waals surface area contributed by atoms with E-state index in [9.17, 15) is 17.9 Å². The number of rotatable bonds is 3. The van der Waals surface area contributed by atoms with Crippen molar-refractivity contribution < 1.29 is 17.9 Å². The molecule has 0 aliphatic carbocycles. The molecule has 3 aromatic rings. The quantitative estimate of drug-likeness (QED) is 0.651. The Morgan fingerprint density at radius 3 is 2.39 bits per heavy atom. The third kappa shape index (κ3) is 3.02. The second-order valence-electron chi connectivity index (χ2n) is 4.86. The first-order chi connectivity index (χ1) is 10.9. The highest BCUT2D eigenvalue weighted by Crippen LogP contribution is 2.32. The summed E-state index contributed by atoms with van der Waals surface area (Å²) in [4.78, 5) is -0.446. The van der Waals surface area contributed by atoms with Crippen LogP contribution >= 0.6 is 15.9 Å². The minimum absolute atomic E-state index is 0.0402. The number of aromatic hydroxyl groups is 1. The summed E-state index contributed by atoms with van der Waals surface area (Å²) in [6, 6.07) is 13.3. The Bertz CT molecular complexity index is 1010. The summed E-state index contributed by atoms with van der Waals surface area (Å²) in [5.74, 6) is -0.812. The zero-order chi connectivity index (χ0) is 16.6. The van der Waals surface area contributed by atoms with Crippen LogP contribution in [0.25, 0.3) is 10.8 Å². The Morgan fingerprint density at radius 1 is 1.00 bits per heavy atom. The molecule has 0 aliphatic heterocycles. The highest BCUT2D eigenvalue weighted by atomic mass is 79.9. The number of sulfonamides is 1. The number of hydrogen-bond acceptors (Lipinski definition) is 3. The van der Waals surface area contributed by atoms with Crippen LogP contribution in [0.1, 0.15) is 0 Å². The first-order valence-corrected chi connectivity index (χ1v) is 8.85. The van der Waals surface area contributed by atoms with Gasteiger partial charge in [0.2, 0.25) is 0 Å². The summed E-state index contributed by atoms with van der Waals surface area (Å²) >= 11 is 3.09. The molecular formula is C16H11BrFNO3S. The molecular weight excluding hydrogens is 385 g/mol. The first-order valence-electron chi connectivity index (χ1n) is 6.57. The molecule has 0 radical (unpaired) electrons. The van der Waals surface area contributed by atoms with Crippen molar-refractivity contribution in [1.82, 2.24) is 0 Å². The molecule has 0 fully saturated rings. The molecule has 0 unspecified atom stereocenters. The Balaban J connectivity index is 2.10. The number of phenols is 1. The lowest BCUT2D eigenvalue weighted by molar-refractivity contribution is 0.481. The molecule has 23 heavy (non-hydrogen) atoms. The molecule has 4 nitrogen and oxygen atoms in total. The lowest BCUT2D eigenvalue weighted by Crippen LogP contribution is -2.14. The van der Waals surface area contributed by atoms with Crippen molar-refractivity contribution in [2.24, 2.45) is 0 Å². The normalized spacial score (nSPS) is 11.6. The third-order valence-corrected chi connectivity index (χ3v) is 5.22. The van der Waals surface area contributed by atoms with Gasteiger partial charge in [0.1, 0.15) is 16.5 Å². The molecule has 7 heteroatoms. The zero-order valence-corrected chi connectivity index (χ0v) is 14.0. The highest BCUT2D eigenvalue weighted by molar-refractivity contribution is 9.10. The van der Waals surface area contributed by atoms with Gasteiger partial charge in [-0.05, 0) is 30.3 Å². The second-order valence-corrected chi connectivity index (χ2v) is 7.42. The number of phenolic OH excluding ortho intramolecular Hbond substituents is 1. The van der Waals surface area contributed by atoms with Gasteiger partial charge in [0.25, 0.3) is 10.0 Å². The Kier molecular flexibility index (Phi) is 3.99. The van der Waals surface area contributed by atoms with Crippen molar-refractivity contribution in [2.75, 3.05) is 4.72 Å². The fourth-order valence-electron chi connectivity index (χ4n) is 2.27. The molecule has 0 saturated carbocycles. The highest BCUT2D eigenvalue weighted by Gasteiger charge is 2.20. The smallest absolute Gasteiger partial charge is 0.264 e. The fraction of sp³-hybridized carbons (Fsp3) is 0. The third-order valence-electron chi connectivity index (χ3n) is 3.33. The van der Waals surface area contributed by atoms with Crippen molar-refractivity contribution in [3.63, 3.8) is 0 Å². The van der Waals surface area contributed by atoms with Crippen LogP contribution in [-0.4, -0.2) is 13.5 Å². The van der Waals surface area contributed by atoms with E-state index in [-0.39, 0.29) is 11.4 Å². The monoisotopic (exact) mass is 395 g/mol. The van der Waals surface area contributed by atoms with E-state index in [1.54, 1.807) is 24.3 Å². The molecule has 118 valence electrons. The summed E-state index contributed by atoms with van der Waals surface area (Å²) in [5.41, 5.74) is 0.265. The van der Waals surface area contributed by atoms with Crippen LogP contribution < -0.4 is 4.72 Å². The van der Waals surface area contributed by atoms with E-state index in [0.717, 1.165) is 6.07 Å². The predicted octanol–water partition coefficient (Wildman–Crippen LogP) is 4.25. The molecule has 0 aromatic heterocycles. The van der Waals surface area contributed by atoms with Crippen molar-refractivity contribution in [2.45, 2.75) is 4.90 Å². The number of nitrogens with one attached hydrogen (secondary N) is 1. The van der Waals surface area contributed by atoms with E-state index in [1.165, 1.54) is 24.3 Å². The molecule has 0 bridgehead atoms. The van der Waals surface area contributed by atoms with Crippen LogP contribution in [0.5, 0.6) is 5.75 Å². The summed E-state index contributed by atoms with van der Waals surface area (Å²) in [6.07, 6.45) is 0. The van der Waals surface area contributed by atoms with Crippen molar-refractivity contribution in [1.29, 1.82) is 0 Å². The number of benzene rings is 3. The summed E-state index contributed by atoms with van der Waals surface area (Å²) < 4.78 is 41.6. The second kappa shape index (κ2) is 5.82. The molecule has 0 atom stereocenters. The molecule has 3 aromatic carbocycles. The van der Waals surface area contributed by atoms with Crippen LogP contribution in [0.2, 0.25) is 0 Å². The van der Waals surface area contributed by atoms with Gasteiger partial charge in [-0.25, -0.2) is 12.8 Å². The molecule has 0 spiro atoms. The minimum Gasteiger partial charge on any atom is -0.507 e. The molecule has 0 heterocycles. The summed E-state index contributed by atoms with van der Waals surface area (Å²) in [7, 11) is -4.09. The maximum atomic E-state index is 13.9. The fourth-order valence-corrected chi connectivity index (χ4v) is 3.74. The zero-order valence-electron chi connectivity index (χ0n) is 11.6. The summed E-state index contributed by atoms with van der Waals surface area (Å²) in [6.45, 7) is 0. The van der Waals surface area contributed by atoms with Crippen LogP contribution in [0.3, 0.4) is 0 Å². The minimum atomic E-state index is -4.09. The van der Waals surface area contributed by atoms with E-state index in [1.807, 2.05) is 0 Å². The largest absolute Gasteiger partial charge is 0.507 e. The SMILES string of the molecule is O=S(=O)(Nc1ccc(O)c2ccccc12)c1ccc(Br)cc1F. The lowest BCUT2D eigenvalue weighted by Gasteiger charge is -2.12. The average molecular weight is 396 g/mol. The Morgan fingerprint density at radius 2 is 1.70 bits per heavy atom. The van der Waals surface area contributed by atoms with Crippen molar-refractivity contribution >= 4 is 42.4 Å². The maximum Gasteiger partial charge on any atom is 0.264 e. The van der Waals surface area contributed by atoms with E-state index in [2.05, 4.69) is 20.7 Å². The standard InChI is InChI=1S/C16H11BrFNO3S/c17-10-5-8-16(13(18)9-10)23(21,22)19-14-6-7-15(20)12-4-2-1-3-11(12)14/h1-9,19-20H. The van der Waals surface area contributed by atoms with Gasteiger partial charge in [0.05, 0.1) is 5.69 Å². The summed E-state index contributed by atoms with van der Waals surface area (Å²) in [5, 5.41) is 10.9.